The maximum Gasteiger partial charge on any atom is 0.264 e. The maximum absolute atomic E-state index is 13.2. The lowest BCUT2D eigenvalue weighted by Crippen LogP contribution is -2.31. The monoisotopic (exact) mass is 391 g/mol. The standard InChI is InChI=1S/C22H21N3O2S/c1-14-9-10-16(11-15(14)2)12-19-21(27)25(17-7-5-4-6-8-17)22(28-19)18(13-23)20(26)24-3/h4-11,19H,12H2,1-3H3,(H,24,26). The molecule has 0 aliphatic carbocycles. The number of thioether (sulfide) groups is 1. The van der Waals surface area contributed by atoms with Gasteiger partial charge in [-0.05, 0) is 49.1 Å². The summed E-state index contributed by atoms with van der Waals surface area (Å²) in [4.78, 5) is 26.9. The Kier molecular flexibility index (Phi) is 5.86. The second-order valence-electron chi connectivity index (χ2n) is 6.61. The number of hydrogen-bond donors (Lipinski definition) is 1. The molecule has 1 heterocycles. The molecule has 0 saturated carbocycles. The lowest BCUT2D eigenvalue weighted by Gasteiger charge is -2.18. The summed E-state index contributed by atoms with van der Waals surface area (Å²) in [5.74, 6) is -0.619. The highest BCUT2D eigenvalue weighted by Gasteiger charge is 2.40. The van der Waals surface area contributed by atoms with E-state index in [9.17, 15) is 14.9 Å². The number of nitrogens with zero attached hydrogens (tertiary/aromatic N) is 2. The third-order valence-corrected chi connectivity index (χ3v) is 6.00. The first-order valence-corrected chi connectivity index (χ1v) is 9.82. The van der Waals surface area contributed by atoms with Crippen molar-refractivity contribution in [1.82, 2.24) is 5.32 Å². The molecule has 142 valence electrons. The van der Waals surface area contributed by atoms with Crippen LogP contribution in [0.3, 0.4) is 0 Å². The van der Waals surface area contributed by atoms with Gasteiger partial charge in [-0.1, -0.05) is 48.2 Å². The van der Waals surface area contributed by atoms with Crippen molar-refractivity contribution in [3.05, 3.63) is 75.8 Å². The van der Waals surface area contributed by atoms with E-state index >= 15 is 0 Å². The Morgan fingerprint density at radius 2 is 1.89 bits per heavy atom. The van der Waals surface area contributed by atoms with Gasteiger partial charge in [0.1, 0.15) is 16.7 Å². The summed E-state index contributed by atoms with van der Waals surface area (Å²) in [6.07, 6.45) is 0.532. The van der Waals surface area contributed by atoms with E-state index in [1.807, 2.05) is 43.3 Å². The van der Waals surface area contributed by atoms with E-state index in [-0.39, 0.29) is 11.5 Å². The highest BCUT2D eigenvalue weighted by atomic mass is 32.2. The Bertz CT molecular complexity index is 993. The smallest absolute Gasteiger partial charge is 0.264 e. The zero-order chi connectivity index (χ0) is 20.3. The Morgan fingerprint density at radius 1 is 1.18 bits per heavy atom. The van der Waals surface area contributed by atoms with Crippen LogP contribution in [0.5, 0.6) is 0 Å². The van der Waals surface area contributed by atoms with Gasteiger partial charge in [-0.15, -0.1) is 0 Å². The fourth-order valence-electron chi connectivity index (χ4n) is 3.07. The first-order chi connectivity index (χ1) is 13.5. The van der Waals surface area contributed by atoms with Gasteiger partial charge in [0, 0.05) is 12.7 Å². The molecule has 2 aromatic carbocycles. The lowest BCUT2D eigenvalue weighted by molar-refractivity contribution is -0.117. The first-order valence-electron chi connectivity index (χ1n) is 8.94. The Morgan fingerprint density at radius 3 is 2.50 bits per heavy atom. The van der Waals surface area contributed by atoms with Gasteiger partial charge in [-0.2, -0.15) is 5.26 Å². The van der Waals surface area contributed by atoms with E-state index < -0.39 is 11.2 Å². The molecule has 0 radical (unpaired) electrons. The van der Waals surface area contributed by atoms with Crippen molar-refractivity contribution < 1.29 is 9.59 Å². The van der Waals surface area contributed by atoms with E-state index in [4.69, 9.17) is 0 Å². The van der Waals surface area contributed by atoms with Crippen LogP contribution in [0.15, 0.2) is 59.1 Å². The third kappa shape index (κ3) is 3.80. The minimum Gasteiger partial charge on any atom is -0.354 e. The van der Waals surface area contributed by atoms with Crippen LogP contribution in [0.2, 0.25) is 0 Å². The van der Waals surface area contributed by atoms with Gasteiger partial charge in [-0.25, -0.2) is 0 Å². The molecule has 0 bridgehead atoms. The van der Waals surface area contributed by atoms with E-state index in [2.05, 4.69) is 18.3 Å². The van der Waals surface area contributed by atoms with Gasteiger partial charge in [0.05, 0.1) is 5.25 Å². The van der Waals surface area contributed by atoms with Crippen molar-refractivity contribution in [1.29, 1.82) is 5.26 Å². The molecule has 1 atom stereocenters. The number of anilines is 1. The van der Waals surface area contributed by atoms with Crippen LogP contribution in [0.25, 0.3) is 0 Å². The normalized spacial score (nSPS) is 18.0. The number of likely N-dealkylation sites (N-methyl/N-ethyl adjacent to an activating group) is 1. The molecule has 1 unspecified atom stereocenters. The van der Waals surface area contributed by atoms with Crippen LogP contribution in [0, 0.1) is 25.2 Å². The van der Waals surface area contributed by atoms with E-state index in [1.54, 1.807) is 12.1 Å². The van der Waals surface area contributed by atoms with Crippen molar-refractivity contribution in [2.75, 3.05) is 11.9 Å². The largest absolute Gasteiger partial charge is 0.354 e. The predicted molar refractivity (Wildman–Crippen MR) is 112 cm³/mol. The molecule has 1 saturated heterocycles. The van der Waals surface area contributed by atoms with Gasteiger partial charge in [-0.3, -0.25) is 14.5 Å². The van der Waals surface area contributed by atoms with Crippen LogP contribution in [-0.4, -0.2) is 24.1 Å². The molecular weight excluding hydrogens is 370 g/mol. The maximum atomic E-state index is 13.2. The van der Waals surface area contributed by atoms with Crippen molar-refractivity contribution in [3.63, 3.8) is 0 Å². The number of nitriles is 1. The number of carbonyl (C=O) groups excluding carboxylic acids is 2. The van der Waals surface area contributed by atoms with Crippen LogP contribution in [0.4, 0.5) is 5.69 Å². The number of benzene rings is 2. The fourth-order valence-corrected chi connectivity index (χ4v) is 4.38. The SMILES string of the molecule is CNC(=O)C(C#N)=C1SC(Cc2ccc(C)c(C)c2)C(=O)N1c1ccccc1. The summed E-state index contributed by atoms with van der Waals surface area (Å²) in [5.41, 5.74) is 4.03. The van der Waals surface area contributed by atoms with Crippen molar-refractivity contribution in [3.8, 4) is 6.07 Å². The van der Waals surface area contributed by atoms with E-state index in [0.717, 1.165) is 5.56 Å². The third-order valence-electron chi connectivity index (χ3n) is 4.74. The quantitative estimate of drug-likeness (QED) is 0.640. The molecule has 1 aliphatic rings. The van der Waals surface area contributed by atoms with E-state index in [0.29, 0.717) is 17.1 Å². The minimum atomic E-state index is -0.495. The van der Waals surface area contributed by atoms with Gasteiger partial charge >= 0.3 is 0 Å². The molecular formula is C22H21N3O2S. The summed E-state index contributed by atoms with van der Waals surface area (Å²) in [7, 11) is 1.47. The number of aryl methyl sites for hydroxylation is 2. The van der Waals surface area contributed by atoms with Crippen molar-refractivity contribution in [2.24, 2.45) is 0 Å². The van der Waals surface area contributed by atoms with Gasteiger partial charge < -0.3 is 5.32 Å². The predicted octanol–water partition coefficient (Wildman–Crippen LogP) is 3.48. The summed E-state index contributed by atoms with van der Waals surface area (Å²) in [6.45, 7) is 4.10. The second kappa shape index (κ2) is 8.32. The fraction of sp³-hybridized carbons (Fsp3) is 0.227. The molecule has 0 spiro atoms. The Labute approximate surface area is 169 Å². The summed E-state index contributed by atoms with van der Waals surface area (Å²) in [5, 5.41) is 12.0. The molecule has 1 fully saturated rings. The number of para-hydroxylation sites is 1. The minimum absolute atomic E-state index is 0.0488. The van der Waals surface area contributed by atoms with Gasteiger partial charge in [0.25, 0.3) is 5.91 Å². The number of carbonyl (C=O) groups is 2. The second-order valence-corrected chi connectivity index (χ2v) is 7.80. The van der Waals surface area contributed by atoms with Gasteiger partial charge in [0.2, 0.25) is 5.91 Å². The molecule has 1 aliphatic heterocycles. The average molecular weight is 391 g/mol. The highest BCUT2D eigenvalue weighted by Crippen LogP contribution is 2.41. The number of rotatable bonds is 4. The van der Waals surface area contributed by atoms with Crippen molar-refractivity contribution in [2.45, 2.75) is 25.5 Å². The molecule has 6 heteroatoms. The van der Waals surface area contributed by atoms with Crippen LogP contribution in [0.1, 0.15) is 16.7 Å². The van der Waals surface area contributed by atoms with Crippen LogP contribution >= 0.6 is 11.8 Å². The zero-order valence-electron chi connectivity index (χ0n) is 16.0. The van der Waals surface area contributed by atoms with Crippen molar-refractivity contribution >= 4 is 29.3 Å². The molecule has 28 heavy (non-hydrogen) atoms. The van der Waals surface area contributed by atoms with Crippen LogP contribution in [-0.2, 0) is 16.0 Å². The number of nitrogens with one attached hydrogen (secondary N) is 1. The first kappa shape index (κ1) is 19.7. The summed E-state index contributed by atoms with van der Waals surface area (Å²) < 4.78 is 0. The summed E-state index contributed by atoms with van der Waals surface area (Å²) in [6, 6.07) is 17.2. The zero-order valence-corrected chi connectivity index (χ0v) is 16.8. The molecule has 1 N–H and O–H groups in total. The van der Waals surface area contributed by atoms with Crippen LogP contribution < -0.4 is 10.2 Å². The molecule has 2 aromatic rings. The molecule has 5 nitrogen and oxygen atoms in total. The molecule has 2 amide bonds. The molecule has 0 aromatic heterocycles. The van der Waals surface area contributed by atoms with E-state index in [1.165, 1.54) is 34.8 Å². The Hall–Kier alpha value is -3.04. The Balaban J connectivity index is 2.02. The average Bonchev–Trinajstić information content (AvgIpc) is 3.01. The number of amides is 2. The molecule has 3 rings (SSSR count). The number of hydrogen-bond acceptors (Lipinski definition) is 4. The topological polar surface area (TPSA) is 73.2 Å². The lowest BCUT2D eigenvalue weighted by atomic mass is 10.0. The summed E-state index contributed by atoms with van der Waals surface area (Å²) >= 11 is 1.28. The highest BCUT2D eigenvalue weighted by molar-refractivity contribution is 8.05. The van der Waals surface area contributed by atoms with Gasteiger partial charge in [0.15, 0.2) is 0 Å².